The molecule has 0 aromatic carbocycles. The number of nitrogens with one attached hydrogen (secondary N) is 1. The minimum Gasteiger partial charge on any atom is -0.446 e. The van der Waals surface area contributed by atoms with Gasteiger partial charge in [0.2, 0.25) is 0 Å². The maximum absolute atomic E-state index is 5.52. The third-order valence-electron chi connectivity index (χ3n) is 2.83. The van der Waals surface area contributed by atoms with Gasteiger partial charge in [-0.2, -0.15) is 0 Å². The number of rotatable bonds is 2. The number of hydrogen-bond donors (Lipinski definition) is 1. The van der Waals surface area contributed by atoms with E-state index in [-0.39, 0.29) is 0 Å². The lowest BCUT2D eigenvalue weighted by molar-refractivity contribution is 0.426. The van der Waals surface area contributed by atoms with Crippen molar-refractivity contribution in [3.63, 3.8) is 0 Å². The normalized spacial score (nSPS) is 28.2. The minimum absolute atomic E-state index is 0.533. The monoisotopic (exact) mass is 180 g/mol. The summed E-state index contributed by atoms with van der Waals surface area (Å²) in [5, 5.41) is 3.30. The molecule has 72 valence electrons. The van der Waals surface area contributed by atoms with Crippen LogP contribution in [0.3, 0.4) is 0 Å². The molecule has 0 saturated heterocycles. The van der Waals surface area contributed by atoms with Crippen LogP contribution in [0.5, 0.6) is 0 Å². The lowest BCUT2D eigenvalue weighted by Gasteiger charge is -2.06. The zero-order valence-corrected chi connectivity index (χ0v) is 8.21. The van der Waals surface area contributed by atoms with Crippen molar-refractivity contribution in [3.05, 3.63) is 17.8 Å². The van der Waals surface area contributed by atoms with Gasteiger partial charge in [0.05, 0.1) is 6.20 Å². The van der Waals surface area contributed by atoms with Crippen molar-refractivity contribution in [2.45, 2.75) is 38.1 Å². The van der Waals surface area contributed by atoms with E-state index in [0.29, 0.717) is 12.0 Å². The van der Waals surface area contributed by atoms with Crippen LogP contribution >= 0.6 is 0 Å². The molecule has 0 aliphatic heterocycles. The van der Waals surface area contributed by atoms with Crippen LogP contribution in [0.2, 0.25) is 0 Å². The first-order valence-electron chi connectivity index (χ1n) is 4.89. The van der Waals surface area contributed by atoms with E-state index in [0.717, 1.165) is 18.1 Å². The molecule has 0 bridgehead atoms. The molecule has 1 aromatic rings. The Balaban J connectivity index is 2.03. The van der Waals surface area contributed by atoms with Crippen molar-refractivity contribution in [1.82, 2.24) is 10.3 Å². The summed E-state index contributed by atoms with van der Waals surface area (Å²) in [5.41, 5.74) is 0. The maximum Gasteiger partial charge on any atom is 0.197 e. The van der Waals surface area contributed by atoms with E-state index in [2.05, 4.69) is 10.3 Å². The largest absolute Gasteiger partial charge is 0.446 e. The molecule has 1 aliphatic carbocycles. The van der Waals surface area contributed by atoms with Gasteiger partial charge in [0.1, 0.15) is 5.76 Å². The number of aromatic nitrogens is 1. The molecule has 1 saturated carbocycles. The van der Waals surface area contributed by atoms with E-state index in [1.807, 2.05) is 20.2 Å². The van der Waals surface area contributed by atoms with Crippen LogP contribution < -0.4 is 5.32 Å². The molecule has 0 amide bonds. The second kappa shape index (κ2) is 3.50. The topological polar surface area (TPSA) is 38.1 Å². The fourth-order valence-corrected chi connectivity index (χ4v) is 2.03. The fourth-order valence-electron chi connectivity index (χ4n) is 2.03. The molecule has 2 rings (SSSR count). The quantitative estimate of drug-likeness (QED) is 0.754. The highest BCUT2D eigenvalue weighted by Crippen LogP contribution is 2.33. The first-order chi connectivity index (χ1) is 6.29. The van der Waals surface area contributed by atoms with Crippen molar-refractivity contribution in [3.8, 4) is 0 Å². The summed E-state index contributed by atoms with van der Waals surface area (Å²) in [6, 6.07) is 0.650. The van der Waals surface area contributed by atoms with Gasteiger partial charge < -0.3 is 9.73 Å². The highest BCUT2D eigenvalue weighted by molar-refractivity contribution is 5.01. The molecule has 0 spiro atoms. The molecular formula is C10H16N2O. The van der Waals surface area contributed by atoms with Gasteiger partial charge in [-0.1, -0.05) is 0 Å². The average molecular weight is 180 g/mol. The summed E-state index contributed by atoms with van der Waals surface area (Å²) in [6.07, 6.45) is 5.41. The molecule has 0 radical (unpaired) electrons. The molecule has 1 aromatic heterocycles. The number of nitrogens with zero attached hydrogens (tertiary/aromatic N) is 1. The molecule has 3 heteroatoms. The molecule has 1 fully saturated rings. The smallest absolute Gasteiger partial charge is 0.197 e. The van der Waals surface area contributed by atoms with Gasteiger partial charge in [0, 0.05) is 12.0 Å². The maximum atomic E-state index is 5.52. The van der Waals surface area contributed by atoms with Crippen molar-refractivity contribution in [2.24, 2.45) is 0 Å². The van der Waals surface area contributed by atoms with Gasteiger partial charge in [0.25, 0.3) is 0 Å². The van der Waals surface area contributed by atoms with Gasteiger partial charge in [-0.05, 0) is 33.2 Å². The van der Waals surface area contributed by atoms with Crippen LogP contribution in [0.25, 0.3) is 0 Å². The van der Waals surface area contributed by atoms with Crippen molar-refractivity contribution < 1.29 is 4.42 Å². The first kappa shape index (κ1) is 8.75. The van der Waals surface area contributed by atoms with E-state index in [1.165, 1.54) is 12.8 Å². The number of oxazole rings is 1. The third-order valence-corrected chi connectivity index (χ3v) is 2.83. The Labute approximate surface area is 78.5 Å². The Morgan fingerprint density at radius 1 is 1.54 bits per heavy atom. The summed E-state index contributed by atoms with van der Waals surface area (Å²) in [5.74, 6) is 2.38. The zero-order valence-electron chi connectivity index (χ0n) is 8.21. The zero-order chi connectivity index (χ0) is 9.26. The fraction of sp³-hybridized carbons (Fsp3) is 0.700. The molecule has 0 unspecified atom stereocenters. The van der Waals surface area contributed by atoms with E-state index in [9.17, 15) is 0 Å². The van der Waals surface area contributed by atoms with Gasteiger partial charge in [0.15, 0.2) is 5.89 Å². The Morgan fingerprint density at radius 2 is 2.38 bits per heavy atom. The summed E-state index contributed by atoms with van der Waals surface area (Å²) in [4.78, 5) is 4.27. The minimum atomic E-state index is 0.533. The molecular weight excluding hydrogens is 164 g/mol. The summed E-state index contributed by atoms with van der Waals surface area (Å²) < 4.78 is 5.52. The summed E-state index contributed by atoms with van der Waals surface area (Å²) in [7, 11) is 2.02. The Morgan fingerprint density at radius 3 is 2.92 bits per heavy atom. The van der Waals surface area contributed by atoms with Crippen molar-refractivity contribution in [1.29, 1.82) is 0 Å². The molecule has 2 atom stereocenters. The molecule has 1 N–H and O–H groups in total. The predicted octanol–water partition coefficient (Wildman–Crippen LogP) is 1.84. The van der Waals surface area contributed by atoms with E-state index < -0.39 is 0 Å². The second-order valence-electron chi connectivity index (χ2n) is 3.80. The van der Waals surface area contributed by atoms with E-state index in [1.54, 1.807) is 0 Å². The Hall–Kier alpha value is -0.830. The lowest BCUT2D eigenvalue weighted by atomic mass is 10.1. The second-order valence-corrected chi connectivity index (χ2v) is 3.80. The summed E-state index contributed by atoms with van der Waals surface area (Å²) >= 11 is 0. The van der Waals surface area contributed by atoms with Crippen LogP contribution in [0, 0.1) is 6.92 Å². The van der Waals surface area contributed by atoms with E-state index >= 15 is 0 Å². The highest BCUT2D eigenvalue weighted by Gasteiger charge is 2.27. The Bertz CT molecular complexity index is 282. The number of hydrogen-bond acceptors (Lipinski definition) is 3. The predicted molar refractivity (Wildman–Crippen MR) is 50.7 cm³/mol. The molecule has 1 heterocycles. The van der Waals surface area contributed by atoms with Crippen LogP contribution in [-0.4, -0.2) is 18.1 Å². The summed E-state index contributed by atoms with van der Waals surface area (Å²) in [6.45, 7) is 1.95. The van der Waals surface area contributed by atoms with Crippen LogP contribution in [-0.2, 0) is 0 Å². The van der Waals surface area contributed by atoms with Crippen molar-refractivity contribution >= 4 is 0 Å². The molecule has 1 aliphatic rings. The average Bonchev–Trinajstić information content (AvgIpc) is 2.71. The van der Waals surface area contributed by atoms with Crippen LogP contribution in [0.4, 0.5) is 0 Å². The number of aryl methyl sites for hydroxylation is 1. The molecule has 3 nitrogen and oxygen atoms in total. The Kier molecular flexibility index (Phi) is 2.36. The first-order valence-corrected chi connectivity index (χ1v) is 4.89. The van der Waals surface area contributed by atoms with Crippen LogP contribution in [0.1, 0.15) is 36.8 Å². The van der Waals surface area contributed by atoms with Crippen LogP contribution in [0.15, 0.2) is 10.6 Å². The van der Waals surface area contributed by atoms with Gasteiger partial charge in [-0.3, -0.25) is 0 Å². The van der Waals surface area contributed by atoms with Crippen molar-refractivity contribution in [2.75, 3.05) is 7.05 Å². The van der Waals surface area contributed by atoms with Gasteiger partial charge >= 0.3 is 0 Å². The highest BCUT2D eigenvalue weighted by atomic mass is 16.4. The SMILES string of the molecule is CN[C@@H]1CC[C@H](c2ncc(C)o2)C1. The van der Waals surface area contributed by atoms with Gasteiger partial charge in [-0.25, -0.2) is 4.98 Å². The third kappa shape index (κ3) is 1.75. The van der Waals surface area contributed by atoms with E-state index in [4.69, 9.17) is 4.42 Å². The van der Waals surface area contributed by atoms with Gasteiger partial charge in [-0.15, -0.1) is 0 Å². The lowest BCUT2D eigenvalue weighted by Crippen LogP contribution is -2.21. The molecule has 13 heavy (non-hydrogen) atoms. The standard InChI is InChI=1S/C10H16N2O/c1-7-6-12-10(13-7)8-3-4-9(5-8)11-2/h6,8-9,11H,3-5H2,1-2H3/t8-,9+/m0/s1.